The Bertz CT molecular complexity index is 2340. The Morgan fingerprint density at radius 3 is 1.39 bits per heavy atom. The molecule has 6 aromatic rings. The molecule has 1 aliphatic rings. The predicted molar refractivity (Wildman–Crippen MR) is 153 cm³/mol. The first-order valence-electron chi connectivity index (χ1n) is 12.5. The zero-order valence-corrected chi connectivity index (χ0v) is 23.4. The van der Waals surface area contributed by atoms with Crippen molar-refractivity contribution >= 4 is 59.3 Å². The van der Waals surface area contributed by atoms with E-state index >= 15 is 0 Å². The third-order valence-electron chi connectivity index (χ3n) is 7.27. The van der Waals surface area contributed by atoms with E-state index in [0.717, 1.165) is 32.7 Å². The molecule has 0 atom stereocenters. The van der Waals surface area contributed by atoms with Crippen LogP contribution in [0.15, 0.2) is 95.2 Å². The van der Waals surface area contributed by atoms with Crippen LogP contribution >= 0.6 is 0 Å². The lowest BCUT2D eigenvalue weighted by atomic mass is 10.0. The van der Waals surface area contributed by atoms with Crippen LogP contribution in [-0.2, 0) is 20.0 Å². The van der Waals surface area contributed by atoms with E-state index in [9.17, 15) is 41.9 Å². The first-order valence-corrected chi connectivity index (χ1v) is 15.3. The van der Waals surface area contributed by atoms with Crippen LogP contribution < -0.4 is 0 Å². The van der Waals surface area contributed by atoms with Crippen molar-refractivity contribution in [2.75, 3.05) is 0 Å². The summed E-state index contributed by atoms with van der Waals surface area (Å²) in [7, 11) is -9.12. The van der Waals surface area contributed by atoms with Gasteiger partial charge in [0.15, 0.2) is 5.78 Å². The van der Waals surface area contributed by atoms with Crippen molar-refractivity contribution in [1.82, 2.24) is 17.9 Å². The number of nitro benzene ring substituents is 2. The topological polar surface area (TPSA) is 207 Å². The molecule has 2 heterocycles. The van der Waals surface area contributed by atoms with E-state index in [1.807, 2.05) is 0 Å². The SMILES string of the molecule is O=C1c2cc(S(=O)(=O)n3cnc4ccccc43)cc([N+](=O)[O-])c2-c2c1cc(S(=O)(=O)n1cnc3ccccc31)cc2[N+](=O)[O-]. The average molecular weight is 631 g/mol. The minimum absolute atomic E-state index is 0.169. The van der Waals surface area contributed by atoms with E-state index in [4.69, 9.17) is 0 Å². The molecule has 0 saturated heterocycles. The summed E-state index contributed by atoms with van der Waals surface area (Å²) >= 11 is 0. The van der Waals surface area contributed by atoms with Gasteiger partial charge >= 0.3 is 0 Å². The van der Waals surface area contributed by atoms with E-state index in [1.54, 1.807) is 36.4 Å². The molecule has 0 bridgehead atoms. The van der Waals surface area contributed by atoms with Crippen molar-refractivity contribution in [2.45, 2.75) is 9.79 Å². The Kier molecular flexibility index (Phi) is 5.59. The lowest BCUT2D eigenvalue weighted by Crippen LogP contribution is -2.13. The van der Waals surface area contributed by atoms with Crippen molar-refractivity contribution in [3.8, 4) is 11.1 Å². The fourth-order valence-electron chi connectivity index (χ4n) is 5.30. The first kappa shape index (κ1) is 27.0. The van der Waals surface area contributed by atoms with E-state index in [1.165, 1.54) is 12.1 Å². The Labute approximate surface area is 246 Å². The quantitative estimate of drug-likeness (QED) is 0.190. The minimum atomic E-state index is -4.56. The third kappa shape index (κ3) is 3.69. The molecule has 15 nitrogen and oxygen atoms in total. The molecule has 218 valence electrons. The Balaban J connectivity index is 1.46. The Morgan fingerprint density at radius 2 is 1.00 bits per heavy atom. The number of hydrogen-bond acceptors (Lipinski definition) is 11. The molecule has 0 amide bonds. The summed E-state index contributed by atoms with van der Waals surface area (Å²) in [6, 6.07) is 15.7. The number of benzene rings is 4. The van der Waals surface area contributed by atoms with Gasteiger partial charge in [-0.1, -0.05) is 24.3 Å². The Morgan fingerprint density at radius 1 is 0.614 bits per heavy atom. The summed E-state index contributed by atoms with van der Waals surface area (Å²) in [6.07, 6.45) is 2.02. The van der Waals surface area contributed by atoms with Crippen LogP contribution in [-0.4, -0.2) is 50.4 Å². The number of ketones is 1. The molecule has 7 rings (SSSR count). The number of imidazole rings is 2. The van der Waals surface area contributed by atoms with Crippen LogP contribution in [0.2, 0.25) is 0 Å². The van der Waals surface area contributed by atoms with Gasteiger partial charge in [0, 0.05) is 23.3 Å². The van der Waals surface area contributed by atoms with E-state index in [2.05, 4.69) is 9.97 Å². The van der Waals surface area contributed by atoms with Gasteiger partial charge < -0.3 is 0 Å². The van der Waals surface area contributed by atoms with E-state index < -0.39 is 79.1 Å². The van der Waals surface area contributed by atoms with Crippen LogP contribution in [0, 0.1) is 20.2 Å². The maximum Gasteiger partial charge on any atom is 0.279 e. The zero-order valence-electron chi connectivity index (χ0n) is 21.8. The fourth-order valence-corrected chi connectivity index (χ4v) is 7.98. The number of nitro groups is 2. The Hall–Kier alpha value is -5.81. The molecule has 0 unspecified atom stereocenters. The molecule has 0 N–H and O–H groups in total. The van der Waals surface area contributed by atoms with Crippen LogP contribution in [0.3, 0.4) is 0 Å². The number of fused-ring (bicyclic) bond motifs is 5. The van der Waals surface area contributed by atoms with Gasteiger partial charge in [0.2, 0.25) is 0 Å². The molecule has 0 spiro atoms. The first-order chi connectivity index (χ1) is 20.9. The summed E-state index contributed by atoms with van der Waals surface area (Å²) in [6.45, 7) is 0. The van der Waals surface area contributed by atoms with Gasteiger partial charge in [-0.2, -0.15) is 0 Å². The molecule has 0 saturated carbocycles. The van der Waals surface area contributed by atoms with Crippen molar-refractivity contribution in [3.63, 3.8) is 0 Å². The fraction of sp³-hybridized carbons (Fsp3) is 0. The van der Waals surface area contributed by atoms with E-state index in [-0.39, 0.29) is 11.0 Å². The summed E-state index contributed by atoms with van der Waals surface area (Å²) in [4.78, 5) is 43.1. The van der Waals surface area contributed by atoms with Gasteiger partial charge in [-0.05, 0) is 36.4 Å². The second kappa shape index (κ2) is 9.09. The highest BCUT2D eigenvalue weighted by atomic mass is 32.2. The van der Waals surface area contributed by atoms with Gasteiger partial charge in [-0.15, -0.1) is 0 Å². The maximum absolute atomic E-state index is 13.7. The van der Waals surface area contributed by atoms with Crippen molar-refractivity contribution in [2.24, 2.45) is 0 Å². The smallest absolute Gasteiger partial charge is 0.279 e. The van der Waals surface area contributed by atoms with Crippen LogP contribution in [0.1, 0.15) is 15.9 Å². The maximum atomic E-state index is 13.7. The largest absolute Gasteiger partial charge is 0.289 e. The molecule has 0 aliphatic heterocycles. The van der Waals surface area contributed by atoms with Crippen LogP contribution in [0.25, 0.3) is 33.2 Å². The molecule has 4 aromatic carbocycles. The van der Waals surface area contributed by atoms with Gasteiger partial charge in [-0.25, -0.2) is 34.7 Å². The molecular weight excluding hydrogens is 616 g/mol. The summed E-state index contributed by atoms with van der Waals surface area (Å²) < 4.78 is 56.2. The summed E-state index contributed by atoms with van der Waals surface area (Å²) in [5, 5.41) is 24.5. The van der Waals surface area contributed by atoms with Crippen molar-refractivity contribution < 1.29 is 31.5 Å². The summed E-state index contributed by atoms with van der Waals surface area (Å²) in [5.74, 6) is -1.03. The number of nitrogens with zero attached hydrogens (tertiary/aromatic N) is 6. The lowest BCUT2D eigenvalue weighted by molar-refractivity contribution is -0.386. The highest BCUT2D eigenvalue weighted by Crippen LogP contribution is 2.49. The summed E-state index contributed by atoms with van der Waals surface area (Å²) in [5.41, 5.74) is -2.80. The number of hydrogen-bond donors (Lipinski definition) is 0. The highest BCUT2D eigenvalue weighted by molar-refractivity contribution is 7.90. The monoisotopic (exact) mass is 630 g/mol. The van der Waals surface area contributed by atoms with Gasteiger partial charge in [0.05, 0.1) is 52.8 Å². The minimum Gasteiger partial charge on any atom is -0.289 e. The third-order valence-corrected chi connectivity index (χ3v) is 10.6. The number of carbonyl (C=O) groups is 1. The average Bonchev–Trinajstić information content (AvgIpc) is 3.71. The number of carbonyl (C=O) groups excluding carboxylic acids is 1. The van der Waals surface area contributed by atoms with Gasteiger partial charge in [0.25, 0.3) is 31.4 Å². The van der Waals surface area contributed by atoms with Crippen molar-refractivity contribution in [1.29, 1.82) is 0 Å². The number of aromatic nitrogens is 4. The number of rotatable bonds is 6. The van der Waals surface area contributed by atoms with Crippen LogP contribution in [0.5, 0.6) is 0 Å². The second-order valence-corrected chi connectivity index (χ2v) is 13.3. The van der Waals surface area contributed by atoms with Gasteiger partial charge in [-0.3, -0.25) is 25.0 Å². The van der Waals surface area contributed by atoms with Crippen LogP contribution in [0.4, 0.5) is 11.4 Å². The molecule has 0 fully saturated rings. The standard InChI is InChI=1S/C27H14N6O9S2/c34-27-17-9-15(43(39,40)30-13-28-19-5-1-3-7-21(19)30)11-23(32(35)36)25(17)26-18(27)10-16(12-24(26)33(37)38)44(41,42)31-14-29-20-6-2-4-8-22(20)31/h1-14H. The molecular formula is C27H14N6O9S2. The second-order valence-electron chi connectivity index (χ2n) is 9.64. The lowest BCUT2D eigenvalue weighted by Gasteiger charge is -2.10. The molecule has 1 aliphatic carbocycles. The molecule has 0 radical (unpaired) electrons. The zero-order chi connectivity index (χ0) is 31.1. The molecule has 17 heteroatoms. The number of para-hydroxylation sites is 4. The van der Waals surface area contributed by atoms with E-state index in [0.29, 0.717) is 23.2 Å². The van der Waals surface area contributed by atoms with Crippen molar-refractivity contribution in [3.05, 3.63) is 117 Å². The normalized spacial score (nSPS) is 12.9. The predicted octanol–water partition coefficient (Wildman–Crippen LogP) is 3.89. The van der Waals surface area contributed by atoms with Gasteiger partial charge in [0.1, 0.15) is 12.7 Å². The molecule has 2 aromatic heterocycles. The highest BCUT2D eigenvalue weighted by Gasteiger charge is 2.42. The molecule has 44 heavy (non-hydrogen) atoms.